The molecule has 0 aliphatic carbocycles. The van der Waals surface area contributed by atoms with Gasteiger partial charge in [-0.1, -0.05) is 0 Å². The molecule has 0 radical (unpaired) electrons. The van der Waals surface area contributed by atoms with Crippen molar-refractivity contribution >= 4 is 0 Å². The van der Waals surface area contributed by atoms with Gasteiger partial charge in [-0.2, -0.15) is 0 Å². The molecule has 0 N–H and O–H groups in total. The molecular weight excluding hydrogens is 102 g/mol. The summed E-state index contributed by atoms with van der Waals surface area (Å²) in [6.45, 7) is 0. The topological polar surface area (TPSA) is 22.0 Å². The second kappa shape index (κ2) is 1.82. The van der Waals surface area contributed by atoms with E-state index in [2.05, 4.69) is 0 Å². The summed E-state index contributed by atoms with van der Waals surface area (Å²) in [5.41, 5.74) is -0.516. The van der Waals surface area contributed by atoms with Crippen molar-refractivity contribution in [2.24, 2.45) is 7.05 Å². The molecule has 0 bridgehead atoms. The van der Waals surface area contributed by atoms with Gasteiger partial charge in [0.25, 0.3) is 0 Å². The van der Waals surface area contributed by atoms with Gasteiger partial charge in [-0.15, -0.1) is 0 Å². The number of pyridine rings is 1. The van der Waals surface area contributed by atoms with Gasteiger partial charge >= 0.3 is 0 Å². The van der Waals surface area contributed by atoms with Crippen LogP contribution in [-0.2, 0) is 7.05 Å². The predicted octanol–water partition coefficient (Wildman–Crippen LogP) is 0.385. The van der Waals surface area contributed by atoms with Crippen molar-refractivity contribution in [2.45, 2.75) is 0 Å². The van der Waals surface area contributed by atoms with E-state index in [1.807, 2.05) is 0 Å². The molecule has 1 heterocycles. The van der Waals surface area contributed by atoms with E-state index >= 15 is 0 Å². The van der Waals surface area contributed by atoms with Crippen molar-refractivity contribution in [3.05, 3.63) is 34.7 Å². The van der Waals surface area contributed by atoms with E-state index in [0.29, 0.717) is 0 Å². The van der Waals surface area contributed by atoms with Gasteiger partial charge in [0.2, 0.25) is 0 Å². The standard InChI is InChI=1S/C6H7NO/c1-7-4-2-6(8)3-5-7/h2-5H,1H3/i2D,3D. The monoisotopic (exact) mass is 111 g/mol. The Bertz CT molecular complexity index is 279. The van der Waals surface area contributed by atoms with E-state index in [0.717, 1.165) is 0 Å². The van der Waals surface area contributed by atoms with Crippen LogP contribution in [0.4, 0.5) is 0 Å². The number of hydrogen-bond donors (Lipinski definition) is 0. The van der Waals surface area contributed by atoms with E-state index in [1.165, 1.54) is 17.0 Å². The molecule has 0 saturated heterocycles. The van der Waals surface area contributed by atoms with Crippen LogP contribution in [-0.4, -0.2) is 4.57 Å². The van der Waals surface area contributed by atoms with E-state index in [-0.39, 0.29) is 12.1 Å². The molecule has 0 aliphatic rings. The Morgan fingerprint density at radius 3 is 2.62 bits per heavy atom. The first-order valence-electron chi connectivity index (χ1n) is 3.25. The maximum absolute atomic E-state index is 10.7. The average molecular weight is 111 g/mol. The molecule has 1 aromatic rings. The van der Waals surface area contributed by atoms with Crippen molar-refractivity contribution in [1.82, 2.24) is 4.57 Å². The Balaban J connectivity index is 3.46. The van der Waals surface area contributed by atoms with Gasteiger partial charge in [0, 0.05) is 31.5 Å². The molecule has 1 aromatic heterocycles. The highest BCUT2D eigenvalue weighted by atomic mass is 16.1. The molecule has 0 atom stereocenters. The maximum atomic E-state index is 10.7. The molecule has 0 spiro atoms. The van der Waals surface area contributed by atoms with Crippen LogP contribution in [0, 0.1) is 0 Å². The molecule has 42 valence electrons. The summed E-state index contributed by atoms with van der Waals surface area (Å²) < 4.78 is 15.6. The molecule has 2 nitrogen and oxygen atoms in total. The second-order valence-electron chi connectivity index (χ2n) is 1.54. The van der Waals surface area contributed by atoms with Gasteiger partial charge in [0.05, 0.1) is 2.74 Å². The molecule has 0 aliphatic heterocycles. The summed E-state index contributed by atoms with van der Waals surface area (Å²) in [5, 5.41) is 0. The fourth-order valence-corrected chi connectivity index (χ4v) is 0.400. The highest BCUT2D eigenvalue weighted by molar-refractivity contribution is 4.92. The second-order valence-corrected chi connectivity index (χ2v) is 1.54. The van der Waals surface area contributed by atoms with Crippen LogP contribution in [0.25, 0.3) is 0 Å². The number of aryl methyl sites for hydroxylation is 1. The van der Waals surface area contributed by atoms with Crippen molar-refractivity contribution in [1.29, 1.82) is 0 Å². The minimum atomic E-state index is -0.516. The van der Waals surface area contributed by atoms with Crippen LogP contribution in [0.5, 0.6) is 0 Å². The van der Waals surface area contributed by atoms with Crippen LogP contribution in [0.3, 0.4) is 0 Å². The van der Waals surface area contributed by atoms with E-state index in [4.69, 9.17) is 2.74 Å². The predicted molar refractivity (Wildman–Crippen MR) is 31.7 cm³/mol. The lowest BCUT2D eigenvalue weighted by atomic mass is 10.5. The zero-order chi connectivity index (χ0) is 7.72. The number of rotatable bonds is 0. The zero-order valence-electron chi connectivity index (χ0n) is 6.51. The van der Waals surface area contributed by atoms with Crippen molar-refractivity contribution in [2.75, 3.05) is 0 Å². The van der Waals surface area contributed by atoms with Crippen molar-refractivity contribution < 1.29 is 2.74 Å². The Morgan fingerprint density at radius 2 is 2.12 bits per heavy atom. The molecule has 8 heavy (non-hydrogen) atoms. The Morgan fingerprint density at radius 1 is 1.62 bits per heavy atom. The molecule has 0 saturated carbocycles. The van der Waals surface area contributed by atoms with Crippen molar-refractivity contribution in [3.63, 3.8) is 0 Å². The van der Waals surface area contributed by atoms with Crippen LogP contribution >= 0.6 is 0 Å². The largest absolute Gasteiger partial charge is 0.357 e. The molecule has 1 rings (SSSR count). The van der Waals surface area contributed by atoms with Gasteiger partial charge in [-0.3, -0.25) is 4.79 Å². The number of hydrogen-bond acceptors (Lipinski definition) is 1. The summed E-state index contributed by atoms with van der Waals surface area (Å²) in [7, 11) is 1.68. The molecule has 0 amide bonds. The fraction of sp³-hybridized carbons (Fsp3) is 0.167. The third kappa shape index (κ3) is 0.964. The van der Waals surface area contributed by atoms with Crippen LogP contribution in [0.1, 0.15) is 2.74 Å². The summed E-state index contributed by atoms with van der Waals surface area (Å²) in [5.74, 6) is 0. The van der Waals surface area contributed by atoms with E-state index in [1.54, 1.807) is 7.05 Å². The minimum Gasteiger partial charge on any atom is -0.357 e. The van der Waals surface area contributed by atoms with Crippen LogP contribution in [0.2, 0.25) is 0 Å². The Labute approximate surface area is 50.2 Å². The van der Waals surface area contributed by atoms with Gasteiger partial charge < -0.3 is 4.57 Å². The van der Waals surface area contributed by atoms with Crippen LogP contribution < -0.4 is 5.43 Å². The lowest BCUT2D eigenvalue weighted by Crippen LogP contribution is -1.98. The first-order chi connectivity index (χ1) is 4.61. The first-order valence-corrected chi connectivity index (χ1v) is 2.25. The normalized spacial score (nSPS) is 12.6. The molecular formula is C6H7NO. The molecule has 0 fully saturated rings. The third-order valence-electron chi connectivity index (χ3n) is 0.799. The quantitative estimate of drug-likeness (QED) is 0.474. The number of aromatic nitrogens is 1. The maximum Gasteiger partial charge on any atom is 0.181 e. The summed E-state index contributed by atoms with van der Waals surface area (Å²) in [6, 6.07) is -0.259. The zero-order valence-corrected chi connectivity index (χ0v) is 4.51. The molecule has 0 unspecified atom stereocenters. The molecule has 2 heteroatoms. The van der Waals surface area contributed by atoms with Gasteiger partial charge in [0.1, 0.15) is 0 Å². The Hall–Kier alpha value is -1.05. The van der Waals surface area contributed by atoms with Gasteiger partial charge in [-0.25, -0.2) is 0 Å². The first kappa shape index (κ1) is 3.07. The lowest BCUT2D eigenvalue weighted by molar-refractivity contribution is 0.900. The lowest BCUT2D eigenvalue weighted by Gasteiger charge is -1.89. The van der Waals surface area contributed by atoms with Gasteiger partial charge in [-0.05, 0) is 0 Å². The smallest absolute Gasteiger partial charge is 0.181 e. The average Bonchev–Trinajstić information content (AvgIpc) is 1.82. The summed E-state index contributed by atoms with van der Waals surface area (Å²) in [6.07, 6.45) is 2.75. The SMILES string of the molecule is [2H]c1cn(C)cc([2H])c1=O. The number of nitrogens with zero attached hydrogens (tertiary/aromatic N) is 1. The summed E-state index contributed by atoms with van der Waals surface area (Å²) >= 11 is 0. The highest BCUT2D eigenvalue weighted by Gasteiger charge is 1.76. The molecule has 0 aromatic carbocycles. The summed E-state index contributed by atoms with van der Waals surface area (Å²) in [4.78, 5) is 10.7. The van der Waals surface area contributed by atoms with Crippen molar-refractivity contribution in [3.8, 4) is 0 Å². The van der Waals surface area contributed by atoms with E-state index < -0.39 is 5.43 Å². The Kier molecular flexibility index (Phi) is 0.699. The minimum absolute atomic E-state index is 0.130. The van der Waals surface area contributed by atoms with Crippen LogP contribution in [0.15, 0.2) is 29.3 Å². The highest BCUT2D eigenvalue weighted by Crippen LogP contribution is 1.73. The third-order valence-corrected chi connectivity index (χ3v) is 0.799. The van der Waals surface area contributed by atoms with E-state index in [9.17, 15) is 4.79 Å². The fourth-order valence-electron chi connectivity index (χ4n) is 0.400. The van der Waals surface area contributed by atoms with Gasteiger partial charge in [0.15, 0.2) is 5.43 Å².